The van der Waals surface area contributed by atoms with Crippen molar-refractivity contribution in [3.63, 3.8) is 0 Å². The van der Waals surface area contributed by atoms with Crippen molar-refractivity contribution in [1.29, 1.82) is 0 Å². The number of hydrogen-bond donors (Lipinski definition) is 0. The van der Waals surface area contributed by atoms with E-state index < -0.39 is 0 Å². The highest BCUT2D eigenvalue weighted by Crippen LogP contribution is 2.41. The third-order valence-electron chi connectivity index (χ3n) is 6.21. The highest BCUT2D eigenvalue weighted by molar-refractivity contribution is 5.88. The number of nitrogens with zero attached hydrogens (tertiary/aromatic N) is 2. The molecule has 0 bridgehead atoms. The molecule has 5 heteroatoms. The van der Waals surface area contributed by atoms with Crippen LogP contribution >= 0.6 is 0 Å². The second kappa shape index (κ2) is 6.99. The molecule has 0 saturated carbocycles. The van der Waals surface area contributed by atoms with E-state index in [0.717, 1.165) is 70.7 Å². The first-order chi connectivity index (χ1) is 14.1. The molecule has 0 N–H and O–H groups in total. The van der Waals surface area contributed by atoms with Crippen LogP contribution < -0.4 is 14.0 Å². The number of rotatable bonds is 4. The fraction of sp³-hybridized carbons (Fsp3) is 0.375. The van der Waals surface area contributed by atoms with E-state index in [4.69, 9.17) is 9.47 Å². The van der Waals surface area contributed by atoms with E-state index >= 15 is 0 Å². The lowest BCUT2D eigenvalue weighted by Gasteiger charge is -2.38. The van der Waals surface area contributed by atoms with Crippen molar-refractivity contribution in [3.05, 3.63) is 59.5 Å². The van der Waals surface area contributed by atoms with Gasteiger partial charge in [0.25, 0.3) is 0 Å². The Bertz CT molecular complexity index is 1080. The van der Waals surface area contributed by atoms with Crippen LogP contribution in [0.1, 0.15) is 24.6 Å². The number of ether oxygens (including phenoxy) is 2. The zero-order valence-corrected chi connectivity index (χ0v) is 17.0. The number of halogens is 1. The molecule has 0 radical (unpaired) electrons. The molecule has 2 aliphatic rings. The van der Waals surface area contributed by atoms with Crippen molar-refractivity contribution in [2.45, 2.75) is 32.8 Å². The summed E-state index contributed by atoms with van der Waals surface area (Å²) in [6.07, 6.45) is 1.92. The minimum absolute atomic E-state index is 0.0878. The van der Waals surface area contributed by atoms with Gasteiger partial charge in [0.1, 0.15) is 24.7 Å². The number of quaternary nitrogens is 1. The predicted octanol–water partition coefficient (Wildman–Crippen LogP) is 4.80. The number of aryl methyl sites for hydroxylation is 1. The number of hydrogen-bond acceptors (Lipinski definition) is 3. The summed E-state index contributed by atoms with van der Waals surface area (Å²) in [5.41, 5.74) is 4.26. The van der Waals surface area contributed by atoms with Gasteiger partial charge in [-0.05, 0) is 49.7 Å². The van der Waals surface area contributed by atoms with Crippen LogP contribution in [-0.4, -0.2) is 37.3 Å². The first kappa shape index (κ1) is 18.4. The summed E-state index contributed by atoms with van der Waals surface area (Å²) in [4.78, 5) is 4.61. The molecule has 2 atom stereocenters. The van der Waals surface area contributed by atoms with Gasteiger partial charge in [0.15, 0.2) is 17.6 Å². The third-order valence-corrected chi connectivity index (χ3v) is 6.21. The average molecular weight is 393 g/mol. The van der Waals surface area contributed by atoms with Gasteiger partial charge in [0.05, 0.1) is 18.6 Å². The Morgan fingerprint density at radius 1 is 1.17 bits per heavy atom. The van der Waals surface area contributed by atoms with Crippen molar-refractivity contribution in [2.75, 3.05) is 26.2 Å². The van der Waals surface area contributed by atoms with E-state index in [1.807, 2.05) is 31.2 Å². The summed E-state index contributed by atoms with van der Waals surface area (Å²) in [6, 6.07) is 13.2. The maximum atomic E-state index is 14.1. The van der Waals surface area contributed by atoms with E-state index in [-0.39, 0.29) is 11.9 Å². The topological polar surface area (TPSA) is 31.4 Å². The van der Waals surface area contributed by atoms with Crippen LogP contribution in [0.25, 0.3) is 10.9 Å². The number of benzene rings is 2. The van der Waals surface area contributed by atoms with Gasteiger partial charge in [-0.3, -0.25) is 9.47 Å². The van der Waals surface area contributed by atoms with E-state index in [1.165, 1.54) is 5.56 Å². The zero-order chi connectivity index (χ0) is 20.0. The van der Waals surface area contributed by atoms with Crippen LogP contribution in [0.15, 0.2) is 42.5 Å². The molecule has 3 aromatic rings. The fourth-order valence-electron chi connectivity index (χ4n) is 4.94. The molecular weight excluding hydrogens is 367 g/mol. The van der Waals surface area contributed by atoms with Crippen LogP contribution in [0.4, 0.5) is 10.1 Å². The van der Waals surface area contributed by atoms with Crippen LogP contribution in [0, 0.1) is 12.7 Å². The average Bonchev–Trinajstić information content (AvgIpc) is 3.05. The van der Waals surface area contributed by atoms with Gasteiger partial charge in [-0.1, -0.05) is 6.92 Å². The predicted molar refractivity (Wildman–Crippen MR) is 113 cm³/mol. The lowest BCUT2D eigenvalue weighted by Crippen LogP contribution is -2.55. The Balaban J connectivity index is 1.48. The van der Waals surface area contributed by atoms with Crippen molar-refractivity contribution >= 4 is 16.6 Å². The van der Waals surface area contributed by atoms with Gasteiger partial charge < -0.3 is 9.47 Å². The highest BCUT2D eigenvalue weighted by Gasteiger charge is 2.41. The smallest absolute Gasteiger partial charge is 0.182 e. The monoisotopic (exact) mass is 393 g/mol. The van der Waals surface area contributed by atoms with Gasteiger partial charge in [0.2, 0.25) is 0 Å². The molecule has 2 aliphatic heterocycles. The maximum absolute atomic E-state index is 14.1. The summed E-state index contributed by atoms with van der Waals surface area (Å²) >= 11 is 0. The van der Waals surface area contributed by atoms with E-state index in [9.17, 15) is 4.39 Å². The van der Waals surface area contributed by atoms with Gasteiger partial charge in [0, 0.05) is 29.1 Å². The summed E-state index contributed by atoms with van der Waals surface area (Å²) in [5, 5.41) is 0.979. The normalized spacial score (nSPS) is 22.7. The van der Waals surface area contributed by atoms with E-state index in [2.05, 4.69) is 18.0 Å². The Morgan fingerprint density at radius 2 is 2.07 bits per heavy atom. The van der Waals surface area contributed by atoms with Crippen LogP contribution in [0.3, 0.4) is 0 Å². The first-order valence-corrected chi connectivity index (χ1v) is 10.4. The summed E-state index contributed by atoms with van der Waals surface area (Å²) in [7, 11) is 0. The molecule has 0 saturated heterocycles. The summed E-state index contributed by atoms with van der Waals surface area (Å²) < 4.78 is 27.4. The second-order valence-electron chi connectivity index (χ2n) is 8.26. The molecule has 0 spiro atoms. The summed E-state index contributed by atoms with van der Waals surface area (Å²) in [6.45, 7) is 7.41. The quantitative estimate of drug-likeness (QED) is 0.597. The third kappa shape index (κ3) is 3.14. The Morgan fingerprint density at radius 3 is 2.93 bits per heavy atom. The summed E-state index contributed by atoms with van der Waals surface area (Å²) in [5.74, 6) is 1.39. The standard InChI is InChI=1S/C24H26FN2O2/c1-3-11-27(12-10-17-5-6-18(25)13-22(17)27)14-19-15-28-23-9-8-21-20(24(23)29-19)7-4-16(2)26-21/h4-9,13,19H,3,10-12,14-15H2,1-2H3/q+1/t19-,27?/m0/s1. The minimum Gasteiger partial charge on any atom is -0.486 e. The zero-order valence-electron chi connectivity index (χ0n) is 17.0. The highest BCUT2D eigenvalue weighted by atomic mass is 19.1. The Labute approximate surface area is 170 Å². The fourth-order valence-corrected chi connectivity index (χ4v) is 4.94. The van der Waals surface area contributed by atoms with Crippen molar-refractivity contribution in [1.82, 2.24) is 9.47 Å². The second-order valence-corrected chi connectivity index (χ2v) is 8.26. The molecular formula is C24H26FN2O2+. The molecule has 1 aromatic heterocycles. The van der Waals surface area contributed by atoms with Crippen molar-refractivity contribution < 1.29 is 13.9 Å². The van der Waals surface area contributed by atoms with Crippen LogP contribution in [0.5, 0.6) is 11.5 Å². The lowest BCUT2D eigenvalue weighted by molar-refractivity contribution is 0.0643. The number of pyridine rings is 1. The van der Waals surface area contributed by atoms with Gasteiger partial charge in [-0.2, -0.15) is 0 Å². The van der Waals surface area contributed by atoms with Crippen LogP contribution in [-0.2, 0) is 6.42 Å². The Hall–Kier alpha value is -2.66. The molecule has 4 nitrogen and oxygen atoms in total. The van der Waals surface area contributed by atoms with Gasteiger partial charge in [-0.25, -0.2) is 4.39 Å². The molecule has 5 rings (SSSR count). The molecule has 0 amide bonds. The van der Waals surface area contributed by atoms with Crippen molar-refractivity contribution in [3.8, 4) is 11.5 Å². The largest absolute Gasteiger partial charge is 0.486 e. The molecule has 29 heavy (non-hydrogen) atoms. The Kier molecular flexibility index (Phi) is 4.43. The van der Waals surface area contributed by atoms with E-state index in [1.54, 1.807) is 12.1 Å². The minimum atomic E-state index is -0.164. The van der Waals surface area contributed by atoms with Crippen molar-refractivity contribution in [2.24, 2.45) is 0 Å². The molecule has 1 unspecified atom stereocenters. The molecule has 2 aromatic carbocycles. The number of fused-ring (bicyclic) bond motifs is 4. The number of aromatic nitrogens is 1. The van der Waals surface area contributed by atoms with Crippen LogP contribution in [0.2, 0.25) is 0 Å². The molecule has 3 heterocycles. The van der Waals surface area contributed by atoms with Gasteiger partial charge in [-0.15, -0.1) is 0 Å². The SMILES string of the molecule is CCC[N+]1(C[C@H]2COc3ccc4nc(C)ccc4c3O2)CCc2ccc(F)cc21. The molecule has 0 fully saturated rings. The maximum Gasteiger partial charge on any atom is 0.182 e. The first-order valence-electron chi connectivity index (χ1n) is 10.4. The van der Waals surface area contributed by atoms with Gasteiger partial charge >= 0.3 is 0 Å². The lowest BCUT2D eigenvalue weighted by atomic mass is 10.1. The molecule has 150 valence electrons. The molecule has 0 aliphatic carbocycles. The van der Waals surface area contributed by atoms with E-state index in [0.29, 0.717) is 6.61 Å².